The van der Waals surface area contributed by atoms with Crippen molar-refractivity contribution in [1.82, 2.24) is 40.3 Å². The Morgan fingerprint density at radius 2 is 1.67 bits per heavy atom. The Hall–Kier alpha value is -5.97. The van der Waals surface area contributed by atoms with Crippen LogP contribution >= 0.6 is 22.9 Å². The molecule has 0 spiro atoms. The summed E-state index contributed by atoms with van der Waals surface area (Å²) in [6.45, 7) is 13.6. The fourth-order valence-electron chi connectivity index (χ4n) is 9.93. The molecule has 5 aromatic rings. The van der Waals surface area contributed by atoms with Crippen LogP contribution in [0.4, 0.5) is 38.9 Å². The van der Waals surface area contributed by atoms with Crippen LogP contribution in [0.1, 0.15) is 57.7 Å². The van der Waals surface area contributed by atoms with E-state index in [1.165, 1.54) is 19.3 Å². The largest absolute Gasteiger partial charge is 0.391 e. The molecule has 5 N–H and O–H groups in total. The molecule has 3 atom stereocenters. The third kappa shape index (κ3) is 14.3. The van der Waals surface area contributed by atoms with Gasteiger partial charge in [0.15, 0.2) is 5.82 Å². The fraction of sp³-hybridized carbons (Fsp3) is 0.472. The molecule has 3 aliphatic heterocycles. The second-order valence-corrected chi connectivity index (χ2v) is 24.2. The summed E-state index contributed by atoms with van der Waals surface area (Å²) in [6.07, 6.45) is 3.93. The maximum absolute atomic E-state index is 15.7. The van der Waals surface area contributed by atoms with Crippen molar-refractivity contribution in [3.8, 4) is 10.4 Å². The number of aromatic nitrogens is 3. The molecular formula is C53H68ClFN12O6S2. The van der Waals surface area contributed by atoms with Gasteiger partial charge in [-0.2, -0.15) is 4.98 Å². The number of carbonyl (C=O) groups is 3. The zero-order valence-corrected chi connectivity index (χ0v) is 45.7. The molecule has 5 heterocycles. The monoisotopic (exact) mass is 1090 g/mol. The van der Waals surface area contributed by atoms with Crippen molar-refractivity contribution >= 4 is 85.2 Å². The van der Waals surface area contributed by atoms with Crippen LogP contribution in [-0.4, -0.2) is 151 Å². The van der Waals surface area contributed by atoms with Gasteiger partial charge in [0.2, 0.25) is 33.7 Å². The number of aliphatic hydroxyl groups is 1. The zero-order chi connectivity index (χ0) is 53.6. The third-order valence-electron chi connectivity index (χ3n) is 14.2. The first kappa shape index (κ1) is 55.3. The lowest BCUT2D eigenvalue weighted by Crippen LogP contribution is -2.57. The molecule has 3 amide bonds. The SMILES string of the molecule is Cc1ncsc1-c1ccc(CNC(=O)C[C@@H]2C[C@@H](O)CN2C(=O)[C@@H](NC(=O)CN2CCC(CN3CCN(c4ccc(Nc5ncc(Cl)c(Nc6ccccc6N(C)S(C)(=O)=O)n5)cc4F)CC3)CC2)C(C)(C)C)cc1. The van der Waals surface area contributed by atoms with Gasteiger partial charge in [-0.15, -0.1) is 11.3 Å². The standard InChI is InChI=1S/C53H68ClFN12O6S2/c1-34-48(74-33-58-34)37-13-11-35(12-14-37)28-56-46(69)27-39-26-40(68)31-67(39)51(71)49(53(2,3)4)61-47(70)32-64-19-17-36(18-20-64)30-65-21-23-66(24-22-65)44-16-15-38(25-42(44)55)59-52-57-29-41(54)50(62-52)60-43-9-7-8-10-45(43)63(5)75(6,72)73/h7-16,25,29,33,36,39-40,49,68H,17-24,26-28,30-32H2,1-6H3,(H,56,69)(H,61,70)(H2,57,59,60,62)/t39-,40+,49+/m0/s1. The number of nitrogens with one attached hydrogen (secondary N) is 4. The maximum atomic E-state index is 15.7. The Kier molecular flexibility index (Phi) is 17.6. The van der Waals surface area contributed by atoms with E-state index < -0.39 is 33.6 Å². The first-order valence-electron chi connectivity index (χ1n) is 25.3. The van der Waals surface area contributed by atoms with E-state index >= 15 is 4.39 Å². The smallest absolute Gasteiger partial charge is 0.246 e. The average Bonchev–Trinajstić information content (AvgIpc) is 3.97. The number of aliphatic hydroxyl groups excluding tert-OH is 1. The maximum Gasteiger partial charge on any atom is 0.246 e. The lowest BCUT2D eigenvalue weighted by molar-refractivity contribution is -0.141. The highest BCUT2D eigenvalue weighted by Crippen LogP contribution is 2.34. The van der Waals surface area contributed by atoms with E-state index in [9.17, 15) is 27.9 Å². The minimum atomic E-state index is -3.54. The number of hydrogen-bond acceptors (Lipinski definition) is 15. The Bertz CT molecular complexity index is 2930. The normalized spacial score (nSPS) is 18.4. The summed E-state index contributed by atoms with van der Waals surface area (Å²) in [4.78, 5) is 63.4. The van der Waals surface area contributed by atoms with E-state index in [0.29, 0.717) is 48.3 Å². The van der Waals surface area contributed by atoms with E-state index in [4.69, 9.17) is 11.6 Å². The van der Waals surface area contributed by atoms with Crippen LogP contribution in [-0.2, 0) is 31.0 Å². The number of benzene rings is 3. The highest BCUT2D eigenvalue weighted by atomic mass is 35.5. The Morgan fingerprint density at radius 3 is 2.33 bits per heavy atom. The van der Waals surface area contributed by atoms with Gasteiger partial charge in [0.25, 0.3) is 0 Å². The summed E-state index contributed by atoms with van der Waals surface area (Å²) in [5.74, 6) is -0.289. The Labute approximate surface area is 448 Å². The molecule has 8 rings (SSSR count). The number of aryl methyl sites for hydroxylation is 1. The van der Waals surface area contributed by atoms with Gasteiger partial charge in [0.1, 0.15) is 16.9 Å². The summed E-state index contributed by atoms with van der Waals surface area (Å²) in [7, 11) is -2.08. The third-order valence-corrected chi connectivity index (χ3v) is 16.7. The summed E-state index contributed by atoms with van der Waals surface area (Å²) < 4.78 is 41.4. The molecule has 0 saturated carbocycles. The molecule has 2 aromatic heterocycles. The number of hydrogen-bond donors (Lipinski definition) is 5. The van der Waals surface area contributed by atoms with Crippen LogP contribution in [0.3, 0.4) is 0 Å². The summed E-state index contributed by atoms with van der Waals surface area (Å²) in [5, 5.41) is 23.1. The van der Waals surface area contributed by atoms with Crippen molar-refractivity contribution in [1.29, 1.82) is 0 Å². The Balaban J connectivity index is 0.764. The fourth-order valence-corrected chi connectivity index (χ4v) is 11.4. The van der Waals surface area contributed by atoms with Crippen LogP contribution in [0.25, 0.3) is 10.4 Å². The van der Waals surface area contributed by atoms with E-state index in [1.807, 2.05) is 57.5 Å². The number of nitrogens with zero attached hydrogens (tertiary/aromatic N) is 8. The number of amides is 3. The number of β-amino-alcohol motifs (C(OH)–C–C–N with tert-alkyl or cyclic N) is 1. The number of rotatable bonds is 18. The molecule has 3 fully saturated rings. The minimum absolute atomic E-state index is 0.0429. The van der Waals surface area contributed by atoms with Gasteiger partial charge in [0, 0.05) is 71.0 Å². The van der Waals surface area contributed by atoms with Crippen molar-refractivity contribution < 1.29 is 32.3 Å². The van der Waals surface area contributed by atoms with E-state index in [1.54, 1.807) is 52.6 Å². The first-order chi connectivity index (χ1) is 35.7. The van der Waals surface area contributed by atoms with Crippen LogP contribution < -0.4 is 30.5 Å². The zero-order valence-electron chi connectivity index (χ0n) is 43.4. The quantitative estimate of drug-likeness (QED) is 0.0626. The molecular weight excluding hydrogens is 1020 g/mol. The number of piperidine rings is 1. The highest BCUT2D eigenvalue weighted by molar-refractivity contribution is 7.92. The molecule has 3 aromatic carbocycles. The molecule has 0 radical (unpaired) electrons. The molecule has 75 heavy (non-hydrogen) atoms. The number of carbonyl (C=O) groups excluding carboxylic acids is 3. The minimum Gasteiger partial charge on any atom is -0.391 e. The second kappa shape index (κ2) is 23.9. The number of piperazine rings is 1. The molecule has 3 aliphatic rings. The lowest BCUT2D eigenvalue weighted by atomic mass is 9.85. The van der Waals surface area contributed by atoms with E-state index in [2.05, 4.69) is 50.9 Å². The number of likely N-dealkylation sites (tertiary alicyclic amines) is 2. The summed E-state index contributed by atoms with van der Waals surface area (Å²) >= 11 is 8.01. The van der Waals surface area contributed by atoms with Crippen LogP contribution in [0.2, 0.25) is 5.02 Å². The van der Waals surface area contributed by atoms with Gasteiger partial charge in [-0.25, -0.2) is 22.8 Å². The first-order valence-corrected chi connectivity index (χ1v) is 28.4. The number of halogens is 2. The lowest BCUT2D eigenvalue weighted by Gasteiger charge is -2.40. The Morgan fingerprint density at radius 1 is 0.947 bits per heavy atom. The van der Waals surface area contributed by atoms with Gasteiger partial charge in [-0.3, -0.25) is 28.5 Å². The number of sulfonamides is 1. The van der Waals surface area contributed by atoms with Crippen LogP contribution in [0.5, 0.6) is 0 Å². The number of anilines is 6. The molecule has 22 heteroatoms. The molecule has 18 nitrogen and oxygen atoms in total. The topological polar surface area (TPSA) is 209 Å². The van der Waals surface area contributed by atoms with Crippen molar-refractivity contribution in [2.45, 2.75) is 78.1 Å². The molecule has 0 aliphatic carbocycles. The van der Waals surface area contributed by atoms with Gasteiger partial charge >= 0.3 is 0 Å². The van der Waals surface area contributed by atoms with E-state index in [-0.39, 0.29) is 66.3 Å². The van der Waals surface area contributed by atoms with Crippen molar-refractivity contribution in [3.63, 3.8) is 0 Å². The van der Waals surface area contributed by atoms with Crippen molar-refractivity contribution in [3.05, 3.63) is 101 Å². The second-order valence-electron chi connectivity index (χ2n) is 20.9. The van der Waals surface area contributed by atoms with Crippen LogP contribution in [0.15, 0.2) is 78.4 Å². The van der Waals surface area contributed by atoms with Crippen molar-refractivity contribution in [2.24, 2.45) is 11.3 Å². The van der Waals surface area contributed by atoms with E-state index in [0.717, 1.165) is 77.8 Å². The van der Waals surface area contributed by atoms with Gasteiger partial charge in [-0.1, -0.05) is 68.8 Å². The molecule has 0 unspecified atom stereocenters. The molecule has 402 valence electrons. The average molecular weight is 1090 g/mol. The predicted octanol–water partition coefficient (Wildman–Crippen LogP) is 6.62. The summed E-state index contributed by atoms with van der Waals surface area (Å²) in [6, 6.07) is 18.4. The number of thiazole rings is 1. The number of para-hydroxylation sites is 2. The van der Waals surface area contributed by atoms with Gasteiger partial charge in [0.05, 0.1) is 58.2 Å². The summed E-state index contributed by atoms with van der Waals surface area (Å²) in [5.41, 5.74) is 6.01. The van der Waals surface area contributed by atoms with Gasteiger partial charge in [-0.05, 0) is 92.1 Å². The molecule has 0 bridgehead atoms. The van der Waals surface area contributed by atoms with Crippen LogP contribution in [0, 0.1) is 24.1 Å². The predicted molar refractivity (Wildman–Crippen MR) is 294 cm³/mol. The van der Waals surface area contributed by atoms with Gasteiger partial charge < -0.3 is 36.2 Å². The highest BCUT2D eigenvalue weighted by Gasteiger charge is 2.43. The molecule has 3 saturated heterocycles. The van der Waals surface area contributed by atoms with Crippen molar-refractivity contribution in [2.75, 3.05) is 92.0 Å².